The number of carbonyl (C=O) groups excluding carboxylic acids is 1. The lowest BCUT2D eigenvalue weighted by Crippen LogP contribution is -2.28. The molecule has 0 aliphatic carbocycles. The van der Waals surface area contributed by atoms with Gasteiger partial charge in [0.05, 0.1) is 10.8 Å². The van der Waals surface area contributed by atoms with Gasteiger partial charge in [0.1, 0.15) is 0 Å². The standard InChI is InChI=1S/C19H22N2O3S/c1-12(13-7-9-16(10-8-13)21(2)3)17(25)18(22)20-15-6-4-5-14(11-15)19(23)24/h4-12,17,25H,1-3H3,(H,20,22)(H,23,24). The first-order valence-electron chi connectivity index (χ1n) is 7.89. The van der Waals surface area contributed by atoms with Crippen molar-refractivity contribution in [3.63, 3.8) is 0 Å². The molecule has 0 bridgehead atoms. The SMILES string of the molecule is CC(c1ccc(N(C)C)cc1)C(S)C(=O)Nc1cccc(C(=O)O)c1. The number of hydrogen-bond donors (Lipinski definition) is 3. The molecular weight excluding hydrogens is 336 g/mol. The second-order valence-electron chi connectivity index (χ2n) is 6.09. The molecule has 0 radical (unpaired) electrons. The molecule has 132 valence electrons. The van der Waals surface area contributed by atoms with Crippen molar-refractivity contribution in [2.75, 3.05) is 24.3 Å². The van der Waals surface area contributed by atoms with Gasteiger partial charge in [-0.25, -0.2) is 4.79 Å². The number of thiol groups is 1. The average Bonchev–Trinajstić information content (AvgIpc) is 2.60. The van der Waals surface area contributed by atoms with Crippen molar-refractivity contribution in [1.29, 1.82) is 0 Å². The zero-order valence-electron chi connectivity index (χ0n) is 14.4. The van der Waals surface area contributed by atoms with Crippen LogP contribution in [0.15, 0.2) is 48.5 Å². The second-order valence-corrected chi connectivity index (χ2v) is 6.65. The summed E-state index contributed by atoms with van der Waals surface area (Å²) in [5.74, 6) is -1.40. The monoisotopic (exact) mass is 358 g/mol. The summed E-state index contributed by atoms with van der Waals surface area (Å²) in [6, 6.07) is 14.1. The quantitative estimate of drug-likeness (QED) is 0.692. The topological polar surface area (TPSA) is 69.6 Å². The third-order valence-corrected chi connectivity index (χ3v) is 4.74. The maximum Gasteiger partial charge on any atom is 0.335 e. The summed E-state index contributed by atoms with van der Waals surface area (Å²) in [5.41, 5.74) is 2.67. The number of carboxylic acids is 1. The van der Waals surface area contributed by atoms with E-state index in [2.05, 4.69) is 17.9 Å². The van der Waals surface area contributed by atoms with Crippen molar-refractivity contribution in [2.45, 2.75) is 18.1 Å². The van der Waals surface area contributed by atoms with Crippen molar-refractivity contribution in [1.82, 2.24) is 0 Å². The Labute approximate surface area is 153 Å². The van der Waals surface area contributed by atoms with Crippen LogP contribution in [0.1, 0.15) is 28.8 Å². The van der Waals surface area contributed by atoms with Crippen molar-refractivity contribution < 1.29 is 14.7 Å². The minimum atomic E-state index is -1.03. The number of nitrogens with one attached hydrogen (secondary N) is 1. The summed E-state index contributed by atoms with van der Waals surface area (Å²) >= 11 is 4.46. The van der Waals surface area contributed by atoms with Crippen LogP contribution in [0.25, 0.3) is 0 Å². The van der Waals surface area contributed by atoms with Crippen LogP contribution in [0.5, 0.6) is 0 Å². The number of carboxylic acid groups (broad SMARTS) is 1. The van der Waals surface area contributed by atoms with E-state index < -0.39 is 11.2 Å². The molecule has 0 saturated heterocycles. The summed E-state index contributed by atoms with van der Waals surface area (Å²) in [6.45, 7) is 1.94. The zero-order chi connectivity index (χ0) is 18.6. The van der Waals surface area contributed by atoms with Crippen LogP contribution in [-0.4, -0.2) is 36.3 Å². The normalized spacial score (nSPS) is 13.0. The number of anilines is 2. The van der Waals surface area contributed by atoms with E-state index in [4.69, 9.17) is 5.11 Å². The predicted molar refractivity (Wildman–Crippen MR) is 104 cm³/mol. The molecule has 6 heteroatoms. The minimum Gasteiger partial charge on any atom is -0.478 e. The maximum atomic E-state index is 12.4. The lowest BCUT2D eigenvalue weighted by atomic mass is 9.96. The first-order chi connectivity index (χ1) is 11.8. The number of aromatic carboxylic acids is 1. The number of rotatable bonds is 6. The third kappa shape index (κ3) is 4.76. The molecule has 0 aliphatic heterocycles. The molecule has 2 aromatic carbocycles. The molecule has 0 heterocycles. The Balaban J connectivity index is 2.08. The van der Waals surface area contributed by atoms with Crippen molar-refractivity contribution in [2.24, 2.45) is 0 Å². The highest BCUT2D eigenvalue weighted by Crippen LogP contribution is 2.26. The summed E-state index contributed by atoms with van der Waals surface area (Å²) in [6.07, 6.45) is 0. The number of benzene rings is 2. The Bertz CT molecular complexity index is 760. The fourth-order valence-corrected chi connectivity index (χ4v) is 2.67. The lowest BCUT2D eigenvalue weighted by molar-refractivity contribution is -0.116. The van der Waals surface area contributed by atoms with Crippen LogP contribution in [-0.2, 0) is 4.79 Å². The fourth-order valence-electron chi connectivity index (χ4n) is 2.43. The van der Waals surface area contributed by atoms with E-state index in [-0.39, 0.29) is 17.4 Å². The number of amides is 1. The average molecular weight is 358 g/mol. The Morgan fingerprint density at radius 3 is 2.32 bits per heavy atom. The highest BCUT2D eigenvalue weighted by Gasteiger charge is 2.23. The zero-order valence-corrected chi connectivity index (χ0v) is 15.3. The van der Waals surface area contributed by atoms with Crippen molar-refractivity contribution in [3.05, 3.63) is 59.7 Å². The lowest BCUT2D eigenvalue weighted by Gasteiger charge is -2.20. The third-order valence-electron chi connectivity index (χ3n) is 4.05. The van der Waals surface area contributed by atoms with Gasteiger partial charge in [0.15, 0.2) is 0 Å². The molecule has 0 spiro atoms. The summed E-state index contributed by atoms with van der Waals surface area (Å²) in [5, 5.41) is 11.2. The van der Waals surface area contributed by atoms with Gasteiger partial charge in [0.25, 0.3) is 0 Å². The molecular formula is C19H22N2O3S. The van der Waals surface area contributed by atoms with Gasteiger partial charge in [0, 0.05) is 31.4 Å². The predicted octanol–water partition coefficient (Wildman–Crippen LogP) is 3.49. The number of nitrogens with zero attached hydrogens (tertiary/aromatic N) is 1. The number of carbonyl (C=O) groups is 2. The summed E-state index contributed by atoms with van der Waals surface area (Å²) in [4.78, 5) is 25.5. The van der Waals surface area contributed by atoms with Gasteiger partial charge in [-0.2, -0.15) is 12.6 Å². The molecule has 2 N–H and O–H groups in total. The second kappa shape index (κ2) is 8.07. The van der Waals surface area contributed by atoms with Gasteiger partial charge >= 0.3 is 5.97 Å². The Morgan fingerprint density at radius 2 is 1.76 bits per heavy atom. The molecule has 5 nitrogen and oxygen atoms in total. The minimum absolute atomic E-state index is 0.0952. The van der Waals surface area contributed by atoms with E-state index >= 15 is 0 Å². The Morgan fingerprint density at radius 1 is 1.12 bits per heavy atom. The van der Waals surface area contributed by atoms with Gasteiger partial charge < -0.3 is 15.3 Å². The van der Waals surface area contributed by atoms with Crippen LogP contribution in [0.4, 0.5) is 11.4 Å². The van der Waals surface area contributed by atoms with Crippen molar-refractivity contribution >= 4 is 35.9 Å². The largest absolute Gasteiger partial charge is 0.478 e. The molecule has 0 aliphatic rings. The highest BCUT2D eigenvalue weighted by molar-refractivity contribution is 7.81. The summed E-state index contributed by atoms with van der Waals surface area (Å²) < 4.78 is 0. The van der Waals surface area contributed by atoms with Crippen LogP contribution >= 0.6 is 12.6 Å². The first-order valence-corrected chi connectivity index (χ1v) is 8.41. The molecule has 0 saturated carbocycles. The molecule has 2 unspecified atom stereocenters. The Hall–Kier alpha value is -2.47. The molecule has 2 aromatic rings. The molecule has 0 fully saturated rings. The van der Waals surface area contributed by atoms with Gasteiger partial charge in [-0.3, -0.25) is 4.79 Å². The van der Waals surface area contributed by atoms with Gasteiger partial charge in [-0.15, -0.1) is 0 Å². The van der Waals surface area contributed by atoms with Gasteiger partial charge in [-0.05, 0) is 35.9 Å². The smallest absolute Gasteiger partial charge is 0.335 e. The molecule has 2 rings (SSSR count). The molecule has 2 atom stereocenters. The van der Waals surface area contributed by atoms with E-state index in [9.17, 15) is 9.59 Å². The van der Waals surface area contributed by atoms with Crippen LogP contribution in [0, 0.1) is 0 Å². The molecule has 0 aromatic heterocycles. The molecule has 1 amide bonds. The maximum absolute atomic E-state index is 12.4. The Kier molecular flexibility index (Phi) is 6.09. The van der Waals surface area contributed by atoms with E-state index in [1.165, 1.54) is 12.1 Å². The van der Waals surface area contributed by atoms with Crippen LogP contribution < -0.4 is 10.2 Å². The fraction of sp³-hybridized carbons (Fsp3) is 0.263. The highest BCUT2D eigenvalue weighted by atomic mass is 32.1. The summed E-state index contributed by atoms with van der Waals surface area (Å²) in [7, 11) is 3.94. The van der Waals surface area contributed by atoms with E-state index in [1.807, 2.05) is 50.2 Å². The van der Waals surface area contributed by atoms with Crippen molar-refractivity contribution in [3.8, 4) is 0 Å². The van der Waals surface area contributed by atoms with Gasteiger partial charge in [-0.1, -0.05) is 25.1 Å². The van der Waals surface area contributed by atoms with Crippen LogP contribution in [0.2, 0.25) is 0 Å². The first kappa shape index (κ1) is 18.9. The van der Waals surface area contributed by atoms with E-state index in [0.29, 0.717) is 5.69 Å². The van der Waals surface area contributed by atoms with E-state index in [1.54, 1.807) is 12.1 Å². The number of hydrogen-bond acceptors (Lipinski definition) is 4. The molecule has 25 heavy (non-hydrogen) atoms. The van der Waals surface area contributed by atoms with E-state index in [0.717, 1.165) is 11.3 Å². The van der Waals surface area contributed by atoms with Crippen LogP contribution in [0.3, 0.4) is 0 Å². The van der Waals surface area contributed by atoms with Gasteiger partial charge in [0.2, 0.25) is 5.91 Å².